The number of aryl methyl sites for hydroxylation is 1. The summed E-state index contributed by atoms with van der Waals surface area (Å²) >= 11 is 0. The molecule has 4 rings (SSSR count). The Morgan fingerprint density at radius 3 is 2.46 bits per heavy atom. The third-order valence-electron chi connectivity index (χ3n) is 8.36. The molecule has 1 N–H and O–H groups in total. The summed E-state index contributed by atoms with van der Waals surface area (Å²) in [5.74, 6) is -0.263. The van der Waals surface area contributed by atoms with E-state index < -0.39 is 11.9 Å². The summed E-state index contributed by atoms with van der Waals surface area (Å²) in [5.41, 5.74) is 5.10. The summed E-state index contributed by atoms with van der Waals surface area (Å²) in [6.07, 6.45) is 2.32. The lowest BCUT2D eigenvalue weighted by molar-refractivity contribution is -0.141. The van der Waals surface area contributed by atoms with Gasteiger partial charge in [0, 0.05) is 12.7 Å². The molecule has 0 radical (unpaired) electrons. The van der Waals surface area contributed by atoms with Gasteiger partial charge >= 0.3 is 5.97 Å². The first-order valence-corrected chi connectivity index (χ1v) is 13.6. The maximum Gasteiger partial charge on any atom is 0.306 e. The Labute approximate surface area is 230 Å². The molecule has 0 saturated carbocycles. The Bertz CT molecular complexity index is 1330. The van der Waals surface area contributed by atoms with Crippen LogP contribution in [0.25, 0.3) is 11.1 Å². The summed E-state index contributed by atoms with van der Waals surface area (Å²) in [6.45, 7) is 8.50. The van der Waals surface area contributed by atoms with Crippen LogP contribution in [0.5, 0.6) is 11.5 Å². The molecule has 208 valence electrons. The lowest BCUT2D eigenvalue weighted by Gasteiger charge is -2.34. The molecule has 0 aromatic heterocycles. The molecule has 0 heterocycles. The number of ether oxygens (including phenoxy) is 3. The van der Waals surface area contributed by atoms with E-state index in [4.69, 9.17) is 14.2 Å². The van der Waals surface area contributed by atoms with Crippen LogP contribution in [0.3, 0.4) is 0 Å². The number of hydrogen-bond acceptors (Lipinski definition) is 4. The average Bonchev–Trinajstić information content (AvgIpc) is 3.35. The molecule has 5 nitrogen and oxygen atoms in total. The summed E-state index contributed by atoms with van der Waals surface area (Å²) in [5, 5.41) is 9.53. The summed E-state index contributed by atoms with van der Waals surface area (Å²) in [6, 6.07) is 16.7. The topological polar surface area (TPSA) is 65.0 Å². The fourth-order valence-corrected chi connectivity index (χ4v) is 5.61. The average molecular weight is 535 g/mol. The maximum atomic E-state index is 15.1. The van der Waals surface area contributed by atoms with Crippen molar-refractivity contribution in [3.05, 3.63) is 82.7 Å². The Hall–Kier alpha value is -3.38. The number of rotatable bonds is 11. The molecule has 0 amide bonds. The van der Waals surface area contributed by atoms with Crippen molar-refractivity contribution in [1.82, 2.24) is 0 Å². The molecule has 1 aliphatic carbocycles. The SMILES string of the molecule is CCC(C)(C)C(OC)c1cc(COc2ccc3c(c2)C([C@H](C)C(=O)O)CC3)ccc1-c1cc(OC)ccc1F. The van der Waals surface area contributed by atoms with E-state index in [0.29, 0.717) is 23.7 Å². The smallest absolute Gasteiger partial charge is 0.306 e. The van der Waals surface area contributed by atoms with Gasteiger partial charge in [0.05, 0.1) is 19.1 Å². The number of aliphatic carboxylic acids is 1. The van der Waals surface area contributed by atoms with Crippen molar-refractivity contribution in [3.63, 3.8) is 0 Å². The van der Waals surface area contributed by atoms with Gasteiger partial charge in [-0.25, -0.2) is 4.39 Å². The largest absolute Gasteiger partial charge is 0.497 e. The summed E-state index contributed by atoms with van der Waals surface area (Å²) < 4.78 is 32.7. The second kappa shape index (κ2) is 11.8. The molecule has 1 aliphatic rings. The van der Waals surface area contributed by atoms with Crippen molar-refractivity contribution in [2.75, 3.05) is 14.2 Å². The Morgan fingerprint density at radius 1 is 1.05 bits per heavy atom. The monoisotopic (exact) mass is 534 g/mol. The number of halogens is 1. The molecule has 3 aromatic carbocycles. The fraction of sp³-hybridized carbons (Fsp3) is 0.424. The van der Waals surface area contributed by atoms with Gasteiger partial charge in [-0.05, 0) is 94.8 Å². The molecule has 0 fully saturated rings. The van der Waals surface area contributed by atoms with Gasteiger partial charge < -0.3 is 19.3 Å². The highest BCUT2D eigenvalue weighted by molar-refractivity contribution is 5.72. The van der Waals surface area contributed by atoms with E-state index in [1.54, 1.807) is 33.3 Å². The van der Waals surface area contributed by atoms with E-state index >= 15 is 4.39 Å². The number of hydrogen-bond donors (Lipinski definition) is 1. The minimum Gasteiger partial charge on any atom is -0.497 e. The molecule has 39 heavy (non-hydrogen) atoms. The molecular formula is C33H39FO5. The van der Waals surface area contributed by atoms with Crippen LogP contribution in [0.4, 0.5) is 4.39 Å². The van der Waals surface area contributed by atoms with Crippen LogP contribution in [0, 0.1) is 17.2 Å². The van der Waals surface area contributed by atoms with Crippen molar-refractivity contribution in [2.45, 2.75) is 65.6 Å². The first kappa shape index (κ1) is 28.6. The van der Waals surface area contributed by atoms with Crippen molar-refractivity contribution in [2.24, 2.45) is 11.3 Å². The lowest BCUT2D eigenvalue weighted by atomic mass is 9.77. The normalized spacial score (nSPS) is 16.4. The van der Waals surface area contributed by atoms with Crippen molar-refractivity contribution < 1.29 is 28.5 Å². The fourth-order valence-electron chi connectivity index (χ4n) is 5.61. The summed E-state index contributed by atoms with van der Waals surface area (Å²) in [4.78, 5) is 11.6. The standard InChI is InChI=1S/C33H39FO5/c1-7-33(3,4)31(38-6)29-16-21(8-13-26(29)28-17-23(37-5)12-15-30(28)34)19-39-24-11-9-22-10-14-25(27(22)18-24)20(2)32(35)36/h8-9,11-13,15-18,20,25,31H,7,10,14,19H2,1-6H3,(H,35,36)/t20-,25?,31?/m0/s1. The minimum absolute atomic E-state index is 0.0107. The Balaban J connectivity index is 1.68. The zero-order valence-electron chi connectivity index (χ0n) is 23.7. The molecular weight excluding hydrogens is 495 g/mol. The molecule has 0 saturated heterocycles. The van der Waals surface area contributed by atoms with Crippen LogP contribution >= 0.6 is 0 Å². The Morgan fingerprint density at radius 2 is 1.79 bits per heavy atom. The van der Waals surface area contributed by atoms with E-state index in [-0.39, 0.29) is 23.3 Å². The van der Waals surface area contributed by atoms with Gasteiger partial charge in [0.25, 0.3) is 0 Å². The number of benzene rings is 3. The number of carboxylic acids is 1. The third kappa shape index (κ3) is 5.96. The van der Waals surface area contributed by atoms with Gasteiger partial charge in [0.1, 0.15) is 23.9 Å². The lowest BCUT2D eigenvalue weighted by Crippen LogP contribution is -2.24. The van der Waals surface area contributed by atoms with E-state index in [1.165, 1.54) is 11.6 Å². The maximum absolute atomic E-state index is 15.1. The highest BCUT2D eigenvalue weighted by Crippen LogP contribution is 2.44. The van der Waals surface area contributed by atoms with E-state index in [2.05, 4.69) is 20.8 Å². The molecule has 0 bridgehead atoms. The number of methoxy groups -OCH3 is 2. The molecule has 2 unspecified atom stereocenters. The number of carbonyl (C=O) groups is 1. The molecule has 0 spiro atoms. The first-order valence-electron chi connectivity index (χ1n) is 13.6. The summed E-state index contributed by atoms with van der Waals surface area (Å²) in [7, 11) is 3.26. The van der Waals surface area contributed by atoms with Crippen LogP contribution in [0.15, 0.2) is 54.6 Å². The zero-order chi connectivity index (χ0) is 28.3. The predicted molar refractivity (Wildman–Crippen MR) is 151 cm³/mol. The molecule has 0 aliphatic heterocycles. The highest BCUT2D eigenvalue weighted by atomic mass is 19.1. The van der Waals surface area contributed by atoms with Crippen molar-refractivity contribution in [1.29, 1.82) is 0 Å². The minimum atomic E-state index is -0.776. The van der Waals surface area contributed by atoms with Gasteiger partial charge in [-0.15, -0.1) is 0 Å². The number of fused-ring (bicyclic) bond motifs is 1. The Kier molecular flexibility index (Phi) is 8.65. The number of carboxylic acid groups (broad SMARTS) is 1. The van der Waals surface area contributed by atoms with Crippen molar-refractivity contribution in [3.8, 4) is 22.6 Å². The first-order chi connectivity index (χ1) is 18.6. The molecule has 3 aromatic rings. The van der Waals surface area contributed by atoms with Crippen LogP contribution in [0.1, 0.15) is 74.8 Å². The second-order valence-electron chi connectivity index (χ2n) is 11.1. The highest BCUT2D eigenvalue weighted by Gasteiger charge is 2.33. The van der Waals surface area contributed by atoms with Crippen LogP contribution < -0.4 is 9.47 Å². The molecule has 3 atom stereocenters. The quantitative estimate of drug-likeness (QED) is 0.270. The second-order valence-corrected chi connectivity index (χ2v) is 11.1. The van der Waals surface area contributed by atoms with Gasteiger partial charge in [0.2, 0.25) is 0 Å². The van der Waals surface area contributed by atoms with Crippen LogP contribution in [-0.2, 0) is 22.6 Å². The van der Waals surface area contributed by atoms with Gasteiger partial charge in [0.15, 0.2) is 0 Å². The van der Waals surface area contributed by atoms with E-state index in [1.807, 2.05) is 36.4 Å². The molecule has 6 heteroatoms. The van der Waals surface area contributed by atoms with Crippen molar-refractivity contribution >= 4 is 5.97 Å². The van der Waals surface area contributed by atoms with Gasteiger partial charge in [-0.2, -0.15) is 0 Å². The predicted octanol–water partition coefficient (Wildman–Crippen LogP) is 7.95. The third-order valence-corrected chi connectivity index (χ3v) is 8.36. The van der Waals surface area contributed by atoms with Crippen LogP contribution in [-0.4, -0.2) is 25.3 Å². The van der Waals surface area contributed by atoms with Gasteiger partial charge in [-0.3, -0.25) is 4.79 Å². The zero-order valence-corrected chi connectivity index (χ0v) is 23.7. The van der Waals surface area contributed by atoms with Crippen LogP contribution in [0.2, 0.25) is 0 Å². The van der Waals surface area contributed by atoms with Gasteiger partial charge in [-0.1, -0.05) is 45.9 Å². The van der Waals surface area contributed by atoms with E-state index in [0.717, 1.165) is 41.5 Å². The van der Waals surface area contributed by atoms with E-state index in [9.17, 15) is 9.90 Å².